The van der Waals surface area contributed by atoms with Crippen LogP contribution in [0.4, 0.5) is 23.8 Å². The smallest absolute Gasteiger partial charge is 0.356 e. The van der Waals surface area contributed by atoms with E-state index in [1.54, 1.807) is 0 Å². The number of hydrogen-bond donors (Lipinski definition) is 2. The molecule has 2 fully saturated rings. The maximum absolute atomic E-state index is 12.7. The quantitative estimate of drug-likeness (QED) is 0.769. The molecule has 2 amide bonds. The van der Waals surface area contributed by atoms with Gasteiger partial charge in [-0.05, 0) is 43.4 Å². The van der Waals surface area contributed by atoms with E-state index in [9.17, 15) is 18.0 Å². The van der Waals surface area contributed by atoms with Crippen molar-refractivity contribution < 1.29 is 18.0 Å². The number of halogens is 3. The summed E-state index contributed by atoms with van der Waals surface area (Å²) < 4.78 is 38.0. The lowest BCUT2D eigenvalue weighted by Crippen LogP contribution is -2.49. The third kappa shape index (κ3) is 4.68. The number of alkyl halides is 3. The van der Waals surface area contributed by atoms with Crippen LogP contribution in [0.15, 0.2) is 48.7 Å². The van der Waals surface area contributed by atoms with Gasteiger partial charge in [0.2, 0.25) is 0 Å². The number of carbonyl (C=O) groups is 1. The van der Waals surface area contributed by atoms with Crippen molar-refractivity contribution in [2.45, 2.75) is 43.3 Å². The Labute approximate surface area is 173 Å². The minimum atomic E-state index is -4.38. The normalized spacial score (nSPS) is 18.7. The van der Waals surface area contributed by atoms with Gasteiger partial charge >= 0.3 is 12.2 Å². The van der Waals surface area contributed by atoms with Crippen LogP contribution < -0.4 is 15.5 Å². The van der Waals surface area contributed by atoms with Crippen LogP contribution in [-0.4, -0.2) is 36.7 Å². The van der Waals surface area contributed by atoms with E-state index in [2.05, 4.69) is 27.8 Å². The molecular weight excluding hydrogens is 393 g/mol. The van der Waals surface area contributed by atoms with Crippen LogP contribution in [-0.2, 0) is 11.6 Å². The van der Waals surface area contributed by atoms with Crippen molar-refractivity contribution in [3.8, 4) is 0 Å². The van der Waals surface area contributed by atoms with Gasteiger partial charge < -0.3 is 15.5 Å². The van der Waals surface area contributed by atoms with E-state index in [4.69, 9.17) is 0 Å². The second-order valence-electron chi connectivity index (χ2n) is 8.14. The second-order valence-corrected chi connectivity index (χ2v) is 8.14. The Morgan fingerprint density at radius 3 is 2.37 bits per heavy atom. The van der Waals surface area contributed by atoms with Gasteiger partial charge in [-0.1, -0.05) is 30.3 Å². The number of rotatable bonds is 5. The molecule has 1 aliphatic heterocycles. The summed E-state index contributed by atoms with van der Waals surface area (Å²) in [7, 11) is 0. The minimum Gasteiger partial charge on any atom is -0.356 e. The monoisotopic (exact) mass is 418 g/mol. The largest absolute Gasteiger partial charge is 0.417 e. The highest BCUT2D eigenvalue weighted by Crippen LogP contribution is 2.47. The summed E-state index contributed by atoms with van der Waals surface area (Å²) in [6.07, 6.45) is 0.0917. The molecule has 1 aromatic carbocycles. The second kappa shape index (κ2) is 8.16. The maximum Gasteiger partial charge on any atom is 0.417 e. The summed E-state index contributed by atoms with van der Waals surface area (Å²) in [5.74, 6) is 0.532. The van der Waals surface area contributed by atoms with Gasteiger partial charge in [0.15, 0.2) is 0 Å². The Morgan fingerprint density at radius 1 is 1.10 bits per heavy atom. The van der Waals surface area contributed by atoms with Crippen LogP contribution in [0.1, 0.15) is 36.8 Å². The molecule has 1 aromatic heterocycles. The van der Waals surface area contributed by atoms with E-state index in [0.717, 1.165) is 37.9 Å². The molecule has 2 aromatic rings. The molecule has 2 N–H and O–H groups in total. The van der Waals surface area contributed by atoms with Crippen molar-refractivity contribution in [1.29, 1.82) is 0 Å². The average molecular weight is 418 g/mol. The predicted molar refractivity (Wildman–Crippen MR) is 108 cm³/mol. The van der Waals surface area contributed by atoms with Gasteiger partial charge in [-0.25, -0.2) is 9.78 Å². The van der Waals surface area contributed by atoms with Crippen molar-refractivity contribution in [2.24, 2.45) is 0 Å². The Bertz CT molecular complexity index is 858. The molecule has 2 aliphatic rings. The molecule has 1 saturated carbocycles. The SMILES string of the molecule is O=C(NCC1(c2ccccc2)CC1)NC1CCN(c2ccc(C(F)(F)F)cn2)CC1. The highest BCUT2D eigenvalue weighted by atomic mass is 19.4. The van der Waals surface area contributed by atoms with Gasteiger partial charge in [0, 0.05) is 37.3 Å². The van der Waals surface area contributed by atoms with Crippen molar-refractivity contribution in [3.05, 3.63) is 59.8 Å². The summed E-state index contributed by atoms with van der Waals surface area (Å²) >= 11 is 0. The zero-order chi connectivity index (χ0) is 21.2. The van der Waals surface area contributed by atoms with Gasteiger partial charge in [-0.2, -0.15) is 13.2 Å². The number of urea groups is 1. The van der Waals surface area contributed by atoms with Crippen molar-refractivity contribution in [1.82, 2.24) is 15.6 Å². The molecule has 0 bridgehead atoms. The van der Waals surface area contributed by atoms with Crippen LogP contribution >= 0.6 is 0 Å². The third-order valence-corrected chi connectivity index (χ3v) is 6.06. The van der Waals surface area contributed by atoms with Crippen molar-refractivity contribution in [3.63, 3.8) is 0 Å². The first-order chi connectivity index (χ1) is 14.4. The van der Waals surface area contributed by atoms with E-state index in [-0.39, 0.29) is 17.5 Å². The van der Waals surface area contributed by atoms with E-state index < -0.39 is 11.7 Å². The molecule has 0 atom stereocenters. The summed E-state index contributed by atoms with van der Waals surface area (Å²) in [5, 5.41) is 6.04. The van der Waals surface area contributed by atoms with Crippen LogP contribution in [0.25, 0.3) is 0 Å². The van der Waals surface area contributed by atoms with Crippen LogP contribution in [0.5, 0.6) is 0 Å². The number of pyridine rings is 1. The number of amides is 2. The first kappa shape index (κ1) is 20.5. The topological polar surface area (TPSA) is 57.3 Å². The number of anilines is 1. The lowest BCUT2D eigenvalue weighted by atomic mass is 9.96. The van der Waals surface area contributed by atoms with E-state index >= 15 is 0 Å². The van der Waals surface area contributed by atoms with Crippen LogP contribution in [0.3, 0.4) is 0 Å². The van der Waals surface area contributed by atoms with E-state index in [1.165, 1.54) is 11.6 Å². The first-order valence-corrected chi connectivity index (χ1v) is 10.2. The Morgan fingerprint density at radius 2 is 1.80 bits per heavy atom. The van der Waals surface area contributed by atoms with E-state index in [1.807, 2.05) is 23.1 Å². The highest BCUT2D eigenvalue weighted by Gasteiger charge is 2.44. The van der Waals surface area contributed by atoms with Gasteiger partial charge in [0.25, 0.3) is 0 Å². The lowest BCUT2D eigenvalue weighted by Gasteiger charge is -2.33. The number of nitrogens with one attached hydrogen (secondary N) is 2. The molecular formula is C22H25F3N4O. The molecule has 5 nitrogen and oxygen atoms in total. The third-order valence-electron chi connectivity index (χ3n) is 6.06. The summed E-state index contributed by atoms with van der Waals surface area (Å²) in [5.41, 5.74) is 0.585. The van der Waals surface area contributed by atoms with Crippen LogP contribution in [0.2, 0.25) is 0 Å². The number of carbonyl (C=O) groups excluding carboxylic acids is 1. The summed E-state index contributed by atoms with van der Waals surface area (Å²) in [6.45, 7) is 1.89. The molecule has 160 valence electrons. The number of nitrogens with zero attached hydrogens (tertiary/aromatic N) is 2. The number of piperidine rings is 1. The van der Waals surface area contributed by atoms with Crippen molar-refractivity contribution >= 4 is 11.8 Å². The summed E-state index contributed by atoms with van der Waals surface area (Å²) in [4.78, 5) is 18.2. The van der Waals surface area contributed by atoms with E-state index in [0.29, 0.717) is 25.5 Å². The van der Waals surface area contributed by atoms with Crippen LogP contribution in [0, 0.1) is 0 Å². The minimum absolute atomic E-state index is 0.0441. The Hall–Kier alpha value is -2.77. The molecule has 0 radical (unpaired) electrons. The fourth-order valence-electron chi connectivity index (χ4n) is 3.99. The van der Waals surface area contributed by atoms with Crippen molar-refractivity contribution in [2.75, 3.05) is 24.5 Å². The molecule has 1 saturated heterocycles. The molecule has 0 spiro atoms. The molecule has 1 aliphatic carbocycles. The molecule has 4 rings (SSSR count). The van der Waals surface area contributed by atoms with Gasteiger partial charge in [-0.15, -0.1) is 0 Å². The highest BCUT2D eigenvalue weighted by molar-refractivity contribution is 5.74. The zero-order valence-electron chi connectivity index (χ0n) is 16.6. The Kier molecular flexibility index (Phi) is 5.58. The van der Waals surface area contributed by atoms with Gasteiger partial charge in [0.1, 0.15) is 5.82 Å². The first-order valence-electron chi connectivity index (χ1n) is 10.2. The predicted octanol–water partition coefficient (Wildman–Crippen LogP) is 4.10. The standard InChI is InChI=1S/C22H25F3N4O/c23-22(24,25)17-6-7-19(26-14-17)29-12-8-18(9-13-29)28-20(30)27-15-21(10-11-21)16-4-2-1-3-5-16/h1-7,14,18H,8-13,15H2,(H2,27,28,30). The number of benzene rings is 1. The number of aromatic nitrogens is 1. The molecule has 0 unspecified atom stereocenters. The summed E-state index contributed by atoms with van der Waals surface area (Å²) in [6, 6.07) is 12.6. The number of hydrogen-bond acceptors (Lipinski definition) is 3. The fraction of sp³-hybridized carbons (Fsp3) is 0.455. The Balaban J connectivity index is 1.23. The molecule has 30 heavy (non-hydrogen) atoms. The van der Waals surface area contributed by atoms with Gasteiger partial charge in [-0.3, -0.25) is 0 Å². The molecule has 2 heterocycles. The zero-order valence-corrected chi connectivity index (χ0v) is 16.6. The van der Waals surface area contributed by atoms with Gasteiger partial charge in [0.05, 0.1) is 5.56 Å². The maximum atomic E-state index is 12.7. The fourth-order valence-corrected chi connectivity index (χ4v) is 3.99. The lowest BCUT2D eigenvalue weighted by molar-refractivity contribution is -0.137. The average Bonchev–Trinajstić information content (AvgIpc) is 3.54. The molecule has 8 heteroatoms.